The van der Waals surface area contributed by atoms with Gasteiger partial charge in [0.2, 0.25) is 5.60 Å². The number of aliphatic hydroxyl groups excluding tert-OH is 1. The molecule has 2 spiro atoms. The molecular weight excluding hydrogens is 943 g/mol. The SMILES string of the molecule is O=C(OCC12C3C4C1C1C2C3C41CO)C1=NOC23c4c5c6c7c8c9c(c%10c%11c2c2c4c4c%12c5c5c6c6c8c8c%13c9c9c%10c%10c%11c%11c2c2c4c4c%12c%12c5c5c6c8c6c8c%13c9c9c%10c%10c%11c2c2c4c4c%12c5c6c5c8c9c%10c2c45)C173. The van der Waals surface area contributed by atoms with Gasteiger partial charge in [-0.1, -0.05) is 5.16 Å². The zero-order valence-electron chi connectivity index (χ0n) is 39.0. The van der Waals surface area contributed by atoms with Gasteiger partial charge in [0, 0.05) is 28.6 Å². The van der Waals surface area contributed by atoms with Crippen LogP contribution < -0.4 is 0 Å². The van der Waals surface area contributed by atoms with Crippen LogP contribution in [-0.2, 0) is 25.4 Å². The molecule has 6 fully saturated rings. The van der Waals surface area contributed by atoms with Crippen molar-refractivity contribution < 1.29 is 19.5 Å². The Kier molecular flexibility index (Phi) is 2.30. The average Bonchev–Trinajstić information content (AvgIpc) is 1.49. The van der Waals surface area contributed by atoms with Gasteiger partial charge in [0.05, 0.1) is 6.61 Å². The minimum atomic E-state index is -1.08. The summed E-state index contributed by atoms with van der Waals surface area (Å²) in [6.07, 6.45) is 0. The molecule has 28 aromatic carbocycles. The Labute approximate surface area is 417 Å². The summed E-state index contributed by atoms with van der Waals surface area (Å²) in [5, 5.41) is 98.8. The third-order valence-electron chi connectivity index (χ3n) is 30.8. The summed E-state index contributed by atoms with van der Waals surface area (Å²) in [5.41, 5.74) is 4.11. The predicted octanol–water partition coefficient (Wildman–Crippen LogP) is 15.9. The monoisotopic (exact) mass is 953 g/mol. The summed E-state index contributed by atoms with van der Waals surface area (Å²) >= 11 is 0. The van der Waals surface area contributed by atoms with Crippen LogP contribution in [0.4, 0.5) is 0 Å². The van der Waals surface area contributed by atoms with Crippen molar-refractivity contribution in [3.05, 3.63) is 22.3 Å². The molecule has 1 N–H and O–H groups in total. The molecule has 328 valence electrons. The smallest absolute Gasteiger partial charge is 0.357 e. The lowest BCUT2D eigenvalue weighted by Gasteiger charge is -3.11. The molecule has 0 atom stereocenters. The van der Waals surface area contributed by atoms with Gasteiger partial charge in [0.25, 0.3) is 0 Å². The van der Waals surface area contributed by atoms with Gasteiger partial charge < -0.3 is 14.7 Å². The molecule has 1 aliphatic heterocycles. The molecule has 77 heavy (non-hydrogen) atoms. The van der Waals surface area contributed by atoms with E-state index in [1.807, 2.05) is 0 Å². The van der Waals surface area contributed by atoms with E-state index >= 15 is 4.79 Å². The summed E-state index contributed by atoms with van der Waals surface area (Å²) in [6.45, 7) is 0.829. The number of carbonyl (C=O) groups excluding carboxylic acids is 1. The Morgan fingerprint density at radius 2 is 0.532 bits per heavy atom. The largest absolute Gasteiger partial charge is 0.460 e. The standard InChI is InChI=1S/C72H11NO4/c74-1-69-61-64-62(69)66-63(69)65(61)70(64,66)2-76-68(75)67-71-57-49-41-31-21-13-5-3-4-7-11-9(5)17-25-19(11)29-23-15(7)16-8(4)12-10-6(3)14(13)22-28-18(10)26-20(12)30-24(16)34-33(23)45-39(29)47-37(25)43(35(41)27(17)21)51(57)53(47)59-55(45)56-46(34)40(30)48-38(26)44-36(28)42(32(22)31)50(49)58(71)52(44)54(48)60(56)72(59,71)77-73-67/h61-66,74H,1-2H2. The lowest BCUT2D eigenvalue weighted by atomic mass is 8.92. The summed E-state index contributed by atoms with van der Waals surface area (Å²) in [7, 11) is 0. The molecule has 0 radical (unpaired) electrons. The molecule has 28 aromatic rings. The highest BCUT2D eigenvalue weighted by atomic mass is 16.7. The average molecular weight is 954 g/mol. The van der Waals surface area contributed by atoms with E-state index in [9.17, 15) is 5.11 Å². The summed E-state index contributed by atoms with van der Waals surface area (Å²) in [6, 6.07) is 0. The van der Waals surface area contributed by atoms with Crippen LogP contribution in [0.15, 0.2) is 5.16 Å². The first-order valence-electron chi connectivity index (χ1n) is 29.1. The maximum absolute atomic E-state index is 16.6. The Morgan fingerprint density at radius 3 is 0.766 bits per heavy atom. The van der Waals surface area contributed by atoms with Crippen LogP contribution in [0.3, 0.4) is 0 Å². The highest BCUT2D eigenvalue weighted by molar-refractivity contribution is 6.82. The number of rotatable bonds is 4. The van der Waals surface area contributed by atoms with Crippen molar-refractivity contribution in [2.75, 3.05) is 13.2 Å². The third kappa shape index (κ3) is 1.43. The Morgan fingerprint density at radius 1 is 0.325 bits per heavy atom. The quantitative estimate of drug-likeness (QED) is 0.141. The molecule has 11 aliphatic rings. The zero-order chi connectivity index (χ0) is 45.6. The third-order valence-corrected chi connectivity index (χ3v) is 30.8. The number of esters is 1. The first-order chi connectivity index (χ1) is 38.3. The van der Waals surface area contributed by atoms with Crippen molar-refractivity contribution in [2.24, 2.45) is 51.5 Å². The molecule has 5 heteroatoms. The molecule has 0 aromatic heterocycles. The number of aliphatic hydroxyl groups is 1. The molecule has 5 nitrogen and oxygen atoms in total. The van der Waals surface area contributed by atoms with Crippen LogP contribution in [-0.4, -0.2) is 30.0 Å². The number of ether oxygens (including phenoxy) is 1. The van der Waals surface area contributed by atoms with Gasteiger partial charge in [-0.05, 0) is 337 Å². The molecule has 39 rings (SSSR count). The van der Waals surface area contributed by atoms with Crippen molar-refractivity contribution in [1.29, 1.82) is 0 Å². The second-order valence-electron chi connectivity index (χ2n) is 29.8. The number of benzene rings is 18. The first-order valence-corrected chi connectivity index (χ1v) is 29.1. The molecule has 0 bridgehead atoms. The molecule has 0 unspecified atom stereocenters. The molecule has 0 amide bonds. The molecule has 6 saturated carbocycles. The summed E-state index contributed by atoms with van der Waals surface area (Å²) in [5.74, 6) is 3.54. The lowest BCUT2D eigenvalue weighted by molar-refractivity contribution is -0.662. The van der Waals surface area contributed by atoms with E-state index < -0.39 is 11.0 Å². The minimum absolute atomic E-state index is 0.108. The number of hydrogen-bond donors (Lipinski definition) is 1. The highest BCUT2D eigenvalue weighted by Gasteiger charge is 3.09. The zero-order valence-corrected chi connectivity index (χ0v) is 39.0. The number of nitrogens with zero attached hydrogens (tertiary/aromatic N) is 1. The van der Waals surface area contributed by atoms with Crippen LogP contribution in [0.1, 0.15) is 22.3 Å². The molecule has 0 saturated heterocycles. The maximum Gasteiger partial charge on any atom is 0.357 e. The molecule has 10 aliphatic carbocycles. The van der Waals surface area contributed by atoms with E-state index in [1.54, 1.807) is 151 Å². The normalized spacial score (nSPS) is 33.5. The Hall–Kier alpha value is -8.64. The topological polar surface area (TPSA) is 68.1 Å². The van der Waals surface area contributed by atoms with Gasteiger partial charge in [-0.3, -0.25) is 0 Å². The van der Waals surface area contributed by atoms with Crippen molar-refractivity contribution in [2.45, 2.75) is 11.0 Å². The Balaban J connectivity index is 0.936. The first kappa shape index (κ1) is 28.5. The van der Waals surface area contributed by atoms with Crippen molar-refractivity contribution >= 4 is 303 Å². The number of hydrogen-bond acceptors (Lipinski definition) is 5. The van der Waals surface area contributed by atoms with Gasteiger partial charge >= 0.3 is 5.97 Å². The van der Waals surface area contributed by atoms with Crippen LogP contribution in [0.2, 0.25) is 0 Å². The van der Waals surface area contributed by atoms with Gasteiger partial charge in [-0.2, -0.15) is 0 Å². The van der Waals surface area contributed by atoms with Crippen molar-refractivity contribution in [3.63, 3.8) is 0 Å². The van der Waals surface area contributed by atoms with Gasteiger partial charge in [-0.15, -0.1) is 0 Å². The van der Waals surface area contributed by atoms with Gasteiger partial charge in [-0.25, -0.2) is 4.79 Å². The second kappa shape index (κ2) is 6.22. The predicted molar refractivity (Wildman–Crippen MR) is 306 cm³/mol. The number of carbonyl (C=O) groups is 1. The fourth-order valence-electron chi connectivity index (χ4n) is 31.0. The molecular formula is C72H11NO4. The van der Waals surface area contributed by atoms with E-state index in [2.05, 4.69) is 0 Å². The van der Waals surface area contributed by atoms with E-state index in [0.717, 1.165) is 0 Å². The van der Waals surface area contributed by atoms with Gasteiger partial charge in [0.1, 0.15) is 5.41 Å². The summed E-state index contributed by atoms with van der Waals surface area (Å²) in [4.78, 5) is 24.6. The lowest BCUT2D eigenvalue weighted by Crippen LogP contribution is -3.10. The Bertz CT molecular complexity index is 7610. The number of oxime groups is 1. The van der Waals surface area contributed by atoms with E-state index in [-0.39, 0.29) is 16.8 Å². The van der Waals surface area contributed by atoms with Crippen LogP contribution >= 0.6 is 0 Å². The van der Waals surface area contributed by atoms with E-state index in [4.69, 9.17) is 14.7 Å². The van der Waals surface area contributed by atoms with Crippen LogP contribution in [0.5, 0.6) is 0 Å². The van der Waals surface area contributed by atoms with Crippen LogP contribution in [0.25, 0.3) is 291 Å². The minimum Gasteiger partial charge on any atom is -0.460 e. The summed E-state index contributed by atoms with van der Waals surface area (Å²) < 4.78 is 7.13. The van der Waals surface area contributed by atoms with Crippen LogP contribution in [0, 0.1) is 46.3 Å². The van der Waals surface area contributed by atoms with E-state index in [1.165, 1.54) is 162 Å². The van der Waals surface area contributed by atoms with E-state index in [0.29, 0.717) is 54.4 Å². The fourth-order valence-corrected chi connectivity index (χ4v) is 31.0. The van der Waals surface area contributed by atoms with Gasteiger partial charge in [0.15, 0.2) is 5.71 Å². The second-order valence-corrected chi connectivity index (χ2v) is 29.8. The highest BCUT2D eigenvalue weighted by Crippen LogP contribution is 3.10. The van der Waals surface area contributed by atoms with Crippen molar-refractivity contribution in [1.82, 2.24) is 0 Å². The molecule has 1 heterocycles. The fraction of sp³-hybridized carbons (Fsp3) is 0.167. The maximum atomic E-state index is 16.6. The van der Waals surface area contributed by atoms with Crippen molar-refractivity contribution in [3.8, 4) is 0 Å².